The van der Waals surface area contributed by atoms with Gasteiger partial charge in [0.15, 0.2) is 0 Å². The number of benzene rings is 1. The topological polar surface area (TPSA) is 56.5 Å². The lowest BCUT2D eigenvalue weighted by atomic mass is 10.0. The average molecular weight is 436 g/mol. The number of nitrogens with one attached hydrogen (secondary N) is 1. The number of halogens is 2. The summed E-state index contributed by atoms with van der Waals surface area (Å²) in [7, 11) is 1.65. The van der Waals surface area contributed by atoms with Crippen molar-refractivity contribution in [3.05, 3.63) is 49.0 Å². The number of hydrogen-bond acceptors (Lipinski definition) is 5. The molecule has 0 aliphatic heterocycles. The lowest BCUT2D eigenvalue weighted by Crippen LogP contribution is -2.29. The Morgan fingerprint density at radius 3 is 2.62 bits per heavy atom. The molecule has 0 aliphatic rings. The lowest BCUT2D eigenvalue weighted by Gasteiger charge is -2.19. The summed E-state index contributed by atoms with van der Waals surface area (Å²) in [6.07, 6.45) is 0. The van der Waals surface area contributed by atoms with Gasteiger partial charge in [-0.15, -0.1) is 11.3 Å². The normalized spacial score (nSPS) is 12.4. The second kappa shape index (κ2) is 8.26. The molecule has 1 heterocycles. The standard InChI is InChI=1S/C14H16Br2N2O2S/c1-19-6-7-20-11-5-3-2-4-9(11)13(18-17)10-8-12(15)21-14(10)16/h2-5,8,13,18H,6-7,17H2,1H3. The summed E-state index contributed by atoms with van der Waals surface area (Å²) < 4.78 is 12.9. The van der Waals surface area contributed by atoms with Crippen LogP contribution in [0.15, 0.2) is 37.9 Å². The van der Waals surface area contributed by atoms with Crippen LogP contribution in [0.3, 0.4) is 0 Å². The highest BCUT2D eigenvalue weighted by atomic mass is 79.9. The number of hydrazine groups is 1. The molecule has 1 atom stereocenters. The van der Waals surface area contributed by atoms with Crippen LogP contribution in [0, 0.1) is 0 Å². The summed E-state index contributed by atoms with van der Waals surface area (Å²) in [6, 6.07) is 9.75. The molecule has 2 aromatic rings. The van der Waals surface area contributed by atoms with Crippen LogP contribution < -0.4 is 16.0 Å². The zero-order valence-corrected chi connectivity index (χ0v) is 15.4. The van der Waals surface area contributed by atoms with Gasteiger partial charge in [0.1, 0.15) is 12.4 Å². The van der Waals surface area contributed by atoms with Gasteiger partial charge in [0.25, 0.3) is 0 Å². The van der Waals surface area contributed by atoms with E-state index in [0.717, 1.165) is 24.4 Å². The second-order valence-corrected chi connectivity index (χ2v) is 8.01. The fourth-order valence-corrected chi connectivity index (χ4v) is 4.88. The highest BCUT2D eigenvalue weighted by Gasteiger charge is 2.21. The molecular formula is C14H16Br2N2O2S. The molecule has 0 spiro atoms. The lowest BCUT2D eigenvalue weighted by molar-refractivity contribution is 0.145. The van der Waals surface area contributed by atoms with Gasteiger partial charge in [-0.05, 0) is 44.0 Å². The van der Waals surface area contributed by atoms with E-state index in [2.05, 4.69) is 37.3 Å². The molecular weight excluding hydrogens is 420 g/mol. The summed E-state index contributed by atoms with van der Waals surface area (Å²) >= 11 is 8.68. The SMILES string of the molecule is COCCOc1ccccc1C(NN)c1cc(Br)sc1Br. The molecule has 2 rings (SSSR count). The summed E-state index contributed by atoms with van der Waals surface area (Å²) in [5.74, 6) is 6.57. The largest absolute Gasteiger partial charge is 0.491 e. The molecule has 0 saturated heterocycles. The Bertz CT molecular complexity index is 592. The molecule has 0 fully saturated rings. The van der Waals surface area contributed by atoms with Gasteiger partial charge in [0.2, 0.25) is 0 Å². The maximum Gasteiger partial charge on any atom is 0.124 e. The summed E-state index contributed by atoms with van der Waals surface area (Å²) in [6.45, 7) is 1.04. The van der Waals surface area contributed by atoms with Crippen LogP contribution in [0.1, 0.15) is 17.2 Å². The number of methoxy groups -OCH3 is 1. The van der Waals surface area contributed by atoms with Crippen molar-refractivity contribution >= 4 is 43.2 Å². The van der Waals surface area contributed by atoms with Gasteiger partial charge >= 0.3 is 0 Å². The predicted octanol–water partition coefficient (Wildman–Crippen LogP) is 3.85. The van der Waals surface area contributed by atoms with Crippen molar-refractivity contribution in [2.45, 2.75) is 6.04 Å². The smallest absolute Gasteiger partial charge is 0.124 e. The van der Waals surface area contributed by atoms with Crippen LogP contribution in [-0.4, -0.2) is 20.3 Å². The first-order valence-electron chi connectivity index (χ1n) is 6.29. The van der Waals surface area contributed by atoms with Crippen LogP contribution in [0.4, 0.5) is 0 Å². The molecule has 21 heavy (non-hydrogen) atoms. The molecule has 1 aromatic heterocycles. The highest BCUT2D eigenvalue weighted by molar-refractivity contribution is 9.12. The molecule has 0 aliphatic carbocycles. The monoisotopic (exact) mass is 434 g/mol. The van der Waals surface area contributed by atoms with Crippen LogP contribution >= 0.6 is 43.2 Å². The minimum Gasteiger partial charge on any atom is -0.491 e. The molecule has 4 nitrogen and oxygen atoms in total. The molecule has 7 heteroatoms. The van der Waals surface area contributed by atoms with E-state index in [4.69, 9.17) is 15.3 Å². The second-order valence-electron chi connectivity index (χ2n) is 4.26. The van der Waals surface area contributed by atoms with Gasteiger partial charge in [-0.1, -0.05) is 18.2 Å². The highest BCUT2D eigenvalue weighted by Crippen LogP contribution is 2.39. The third-order valence-electron chi connectivity index (χ3n) is 2.94. The van der Waals surface area contributed by atoms with Crippen molar-refractivity contribution in [3.8, 4) is 5.75 Å². The van der Waals surface area contributed by atoms with E-state index in [-0.39, 0.29) is 6.04 Å². The molecule has 0 radical (unpaired) electrons. The Balaban J connectivity index is 2.31. The van der Waals surface area contributed by atoms with Gasteiger partial charge in [0.05, 0.1) is 20.2 Å². The van der Waals surface area contributed by atoms with Crippen molar-refractivity contribution in [1.29, 1.82) is 0 Å². The van der Waals surface area contributed by atoms with Crippen molar-refractivity contribution < 1.29 is 9.47 Å². The van der Waals surface area contributed by atoms with E-state index in [1.54, 1.807) is 18.4 Å². The van der Waals surface area contributed by atoms with Crippen LogP contribution in [0.2, 0.25) is 0 Å². The minimum atomic E-state index is -0.152. The van der Waals surface area contributed by atoms with Crippen molar-refractivity contribution in [3.63, 3.8) is 0 Å². The van der Waals surface area contributed by atoms with Crippen LogP contribution in [0.25, 0.3) is 0 Å². The van der Waals surface area contributed by atoms with E-state index >= 15 is 0 Å². The Hall–Kier alpha value is -0.440. The maximum atomic E-state index is 5.78. The van der Waals surface area contributed by atoms with Gasteiger partial charge in [-0.25, -0.2) is 5.43 Å². The molecule has 1 aromatic carbocycles. The van der Waals surface area contributed by atoms with Crippen molar-refractivity contribution in [1.82, 2.24) is 5.43 Å². The zero-order valence-electron chi connectivity index (χ0n) is 11.4. The summed E-state index contributed by atoms with van der Waals surface area (Å²) in [5.41, 5.74) is 4.92. The van der Waals surface area contributed by atoms with Crippen molar-refractivity contribution in [2.75, 3.05) is 20.3 Å². The number of para-hydroxylation sites is 1. The van der Waals surface area contributed by atoms with E-state index in [1.807, 2.05) is 30.3 Å². The summed E-state index contributed by atoms with van der Waals surface area (Å²) in [4.78, 5) is 0. The maximum absolute atomic E-state index is 5.78. The first kappa shape index (κ1) is 16.9. The molecule has 114 valence electrons. The van der Waals surface area contributed by atoms with E-state index < -0.39 is 0 Å². The zero-order chi connectivity index (χ0) is 15.2. The number of thiophene rings is 1. The molecule has 0 bridgehead atoms. The molecule has 3 N–H and O–H groups in total. The van der Waals surface area contributed by atoms with Gasteiger partial charge < -0.3 is 9.47 Å². The first-order chi connectivity index (χ1) is 10.2. The Morgan fingerprint density at radius 1 is 1.24 bits per heavy atom. The summed E-state index contributed by atoms with van der Waals surface area (Å²) in [5, 5.41) is 0. The Morgan fingerprint density at radius 2 is 2.00 bits per heavy atom. The Kier molecular flexibility index (Phi) is 6.66. The molecule has 0 saturated carbocycles. The number of rotatable bonds is 7. The van der Waals surface area contributed by atoms with Crippen LogP contribution in [0.5, 0.6) is 5.75 Å². The van der Waals surface area contributed by atoms with Gasteiger partial charge in [-0.2, -0.15) is 0 Å². The van der Waals surface area contributed by atoms with E-state index in [1.165, 1.54) is 0 Å². The number of ether oxygens (including phenoxy) is 2. The number of hydrogen-bond donors (Lipinski definition) is 2. The first-order valence-corrected chi connectivity index (χ1v) is 8.69. The average Bonchev–Trinajstić information content (AvgIpc) is 2.80. The quantitative estimate of drug-likeness (QED) is 0.394. The Labute approximate surface area is 144 Å². The molecule has 0 amide bonds. The fourth-order valence-electron chi connectivity index (χ4n) is 1.98. The predicted molar refractivity (Wildman–Crippen MR) is 92.7 cm³/mol. The van der Waals surface area contributed by atoms with Gasteiger partial charge in [-0.3, -0.25) is 5.84 Å². The van der Waals surface area contributed by atoms with Crippen LogP contribution in [-0.2, 0) is 4.74 Å². The van der Waals surface area contributed by atoms with E-state index in [9.17, 15) is 0 Å². The van der Waals surface area contributed by atoms with Crippen molar-refractivity contribution in [2.24, 2.45) is 5.84 Å². The fraction of sp³-hybridized carbons (Fsp3) is 0.286. The third kappa shape index (κ3) is 4.28. The molecule has 1 unspecified atom stereocenters. The van der Waals surface area contributed by atoms with E-state index in [0.29, 0.717) is 13.2 Å². The third-order valence-corrected chi connectivity index (χ3v) is 5.32. The number of nitrogens with two attached hydrogens (primary N) is 1. The minimum absolute atomic E-state index is 0.152. The van der Waals surface area contributed by atoms with Gasteiger partial charge in [0, 0.05) is 18.2 Å².